The molecule has 0 atom stereocenters. The van der Waals surface area contributed by atoms with Crippen LogP contribution in [0.15, 0.2) is 68.4 Å². The van der Waals surface area contributed by atoms with Gasteiger partial charge in [-0.15, -0.1) is 5.10 Å². The number of hydrogen-bond donors (Lipinski definition) is 1. The first-order chi connectivity index (χ1) is 15.0. The van der Waals surface area contributed by atoms with Crippen molar-refractivity contribution in [2.45, 2.75) is 32.7 Å². The zero-order valence-electron chi connectivity index (χ0n) is 17.2. The van der Waals surface area contributed by atoms with Gasteiger partial charge in [-0.2, -0.15) is 0 Å². The molecule has 0 bridgehead atoms. The van der Waals surface area contributed by atoms with Crippen molar-refractivity contribution in [1.82, 2.24) is 15.0 Å². The van der Waals surface area contributed by atoms with E-state index in [4.69, 9.17) is 8.83 Å². The summed E-state index contributed by atoms with van der Waals surface area (Å²) in [4.78, 5) is 11.6. The lowest BCUT2D eigenvalue weighted by molar-refractivity contribution is 0.475. The van der Waals surface area contributed by atoms with Crippen molar-refractivity contribution in [3.8, 4) is 17.0 Å². The van der Waals surface area contributed by atoms with Gasteiger partial charge in [-0.1, -0.05) is 31.2 Å². The van der Waals surface area contributed by atoms with Crippen LogP contribution in [0.3, 0.4) is 0 Å². The zero-order valence-corrected chi connectivity index (χ0v) is 17.2. The normalized spacial score (nSPS) is 11.7. The van der Waals surface area contributed by atoms with Crippen LogP contribution in [0.25, 0.3) is 33.2 Å². The maximum absolute atomic E-state index is 11.6. The van der Waals surface area contributed by atoms with Crippen LogP contribution < -0.4 is 5.63 Å². The maximum atomic E-state index is 11.6. The fourth-order valence-corrected chi connectivity index (χ4v) is 3.78. The summed E-state index contributed by atoms with van der Waals surface area (Å²) in [6, 6.07) is 14.1. The van der Waals surface area contributed by atoms with E-state index in [2.05, 4.69) is 24.2 Å². The molecule has 0 aliphatic carbocycles. The fraction of sp³-hybridized carbons (Fsp3) is 0.208. The molecule has 3 aromatic heterocycles. The van der Waals surface area contributed by atoms with Gasteiger partial charge in [0.15, 0.2) is 0 Å². The number of aromatic nitrogens is 3. The molecule has 156 valence electrons. The van der Waals surface area contributed by atoms with E-state index >= 15 is 0 Å². The standard InChI is InChI=1S/C24H21N3O4/c1-14(2)24-23(18-11-16-5-8-22(29)30-20(16)12-21(18)31-24)19-13-27(26-25-19)10-9-15-3-6-17(28)7-4-15/h3-8,11-14,28H,9-10H2,1-2H3. The lowest BCUT2D eigenvalue weighted by atomic mass is 10.0. The molecule has 2 aromatic carbocycles. The van der Waals surface area contributed by atoms with E-state index in [-0.39, 0.29) is 17.3 Å². The smallest absolute Gasteiger partial charge is 0.336 e. The Bertz CT molecular complexity index is 1440. The Kier molecular flexibility index (Phi) is 4.58. The number of nitrogens with zero attached hydrogens (tertiary/aromatic N) is 3. The summed E-state index contributed by atoms with van der Waals surface area (Å²) in [7, 11) is 0. The van der Waals surface area contributed by atoms with Gasteiger partial charge in [-0.05, 0) is 36.2 Å². The van der Waals surface area contributed by atoms with Crippen LogP contribution in [0, 0.1) is 0 Å². The van der Waals surface area contributed by atoms with Gasteiger partial charge in [-0.25, -0.2) is 4.79 Å². The monoisotopic (exact) mass is 415 g/mol. The highest BCUT2D eigenvalue weighted by atomic mass is 16.4. The number of aromatic hydroxyl groups is 1. The minimum atomic E-state index is -0.390. The summed E-state index contributed by atoms with van der Waals surface area (Å²) >= 11 is 0. The number of furan rings is 1. The van der Waals surface area contributed by atoms with Crippen molar-refractivity contribution >= 4 is 21.9 Å². The van der Waals surface area contributed by atoms with E-state index in [1.807, 2.05) is 29.1 Å². The summed E-state index contributed by atoms with van der Waals surface area (Å²) in [6.07, 6.45) is 2.70. The molecule has 0 aliphatic rings. The second-order valence-corrected chi connectivity index (χ2v) is 7.92. The molecular formula is C24H21N3O4. The van der Waals surface area contributed by atoms with Crippen LogP contribution in [0.2, 0.25) is 0 Å². The number of aryl methyl sites for hydroxylation is 2. The Morgan fingerprint density at radius 2 is 1.84 bits per heavy atom. The number of fused-ring (bicyclic) bond motifs is 2. The number of rotatable bonds is 5. The van der Waals surface area contributed by atoms with Gasteiger partial charge in [0.1, 0.15) is 28.4 Å². The van der Waals surface area contributed by atoms with E-state index in [0.717, 1.165) is 39.8 Å². The Balaban J connectivity index is 1.54. The summed E-state index contributed by atoms with van der Waals surface area (Å²) in [5, 5.41) is 19.9. The molecule has 3 heterocycles. The minimum Gasteiger partial charge on any atom is -0.508 e. The average Bonchev–Trinajstić information content (AvgIpc) is 3.35. The second kappa shape index (κ2) is 7.43. The van der Waals surface area contributed by atoms with E-state index in [0.29, 0.717) is 17.7 Å². The molecule has 0 unspecified atom stereocenters. The summed E-state index contributed by atoms with van der Waals surface area (Å²) in [5.41, 5.74) is 3.52. The summed E-state index contributed by atoms with van der Waals surface area (Å²) in [5.74, 6) is 1.21. The molecule has 5 aromatic rings. The molecule has 0 amide bonds. The highest BCUT2D eigenvalue weighted by Gasteiger charge is 2.22. The van der Waals surface area contributed by atoms with Gasteiger partial charge < -0.3 is 13.9 Å². The molecule has 0 spiro atoms. The third-order valence-corrected chi connectivity index (χ3v) is 5.34. The van der Waals surface area contributed by atoms with Crippen molar-refractivity contribution in [2.75, 3.05) is 0 Å². The molecular weight excluding hydrogens is 394 g/mol. The number of hydrogen-bond acceptors (Lipinski definition) is 6. The van der Waals surface area contributed by atoms with Crippen molar-refractivity contribution in [3.05, 3.63) is 76.5 Å². The molecule has 7 nitrogen and oxygen atoms in total. The molecule has 0 radical (unpaired) electrons. The van der Waals surface area contributed by atoms with Crippen molar-refractivity contribution in [1.29, 1.82) is 0 Å². The van der Waals surface area contributed by atoms with E-state index < -0.39 is 0 Å². The largest absolute Gasteiger partial charge is 0.508 e. The first-order valence-corrected chi connectivity index (χ1v) is 10.2. The molecule has 0 saturated carbocycles. The first-order valence-electron chi connectivity index (χ1n) is 10.2. The summed E-state index contributed by atoms with van der Waals surface area (Å²) in [6.45, 7) is 4.80. The van der Waals surface area contributed by atoms with Gasteiger partial charge in [0.2, 0.25) is 0 Å². The predicted molar refractivity (Wildman–Crippen MR) is 117 cm³/mol. The first kappa shape index (κ1) is 19.1. The Hall–Kier alpha value is -3.87. The van der Waals surface area contributed by atoms with E-state index in [1.165, 1.54) is 6.07 Å². The van der Waals surface area contributed by atoms with Crippen molar-refractivity contribution < 1.29 is 13.9 Å². The van der Waals surface area contributed by atoms with E-state index in [1.54, 1.807) is 24.3 Å². The van der Waals surface area contributed by atoms with Crippen LogP contribution >= 0.6 is 0 Å². The van der Waals surface area contributed by atoms with Crippen LogP contribution in [0.1, 0.15) is 31.1 Å². The zero-order chi connectivity index (χ0) is 21.5. The molecule has 0 saturated heterocycles. The molecule has 1 N–H and O–H groups in total. The van der Waals surface area contributed by atoms with Crippen LogP contribution in [0.5, 0.6) is 5.75 Å². The lowest BCUT2D eigenvalue weighted by Crippen LogP contribution is -2.01. The SMILES string of the molecule is CC(C)c1oc2cc3oc(=O)ccc3cc2c1-c1cn(CCc2ccc(O)cc2)nn1. The van der Waals surface area contributed by atoms with Crippen LogP contribution in [-0.4, -0.2) is 20.1 Å². The number of phenols is 1. The van der Waals surface area contributed by atoms with Crippen LogP contribution in [-0.2, 0) is 13.0 Å². The van der Waals surface area contributed by atoms with Gasteiger partial charge >= 0.3 is 5.63 Å². The van der Waals surface area contributed by atoms with Crippen molar-refractivity contribution in [2.24, 2.45) is 0 Å². The van der Waals surface area contributed by atoms with Crippen LogP contribution in [0.4, 0.5) is 0 Å². The topological polar surface area (TPSA) is 94.3 Å². The van der Waals surface area contributed by atoms with Gasteiger partial charge in [0.25, 0.3) is 0 Å². The molecule has 0 aliphatic heterocycles. The Morgan fingerprint density at radius 1 is 1.03 bits per heavy atom. The third-order valence-electron chi connectivity index (χ3n) is 5.34. The molecule has 7 heteroatoms. The Morgan fingerprint density at radius 3 is 2.61 bits per heavy atom. The Labute approximate surface area is 177 Å². The van der Waals surface area contributed by atoms with E-state index in [9.17, 15) is 9.90 Å². The number of phenolic OH excluding ortho intramolecular Hbond substituents is 1. The molecule has 0 fully saturated rings. The van der Waals surface area contributed by atoms with Crippen molar-refractivity contribution in [3.63, 3.8) is 0 Å². The molecule has 31 heavy (non-hydrogen) atoms. The highest BCUT2D eigenvalue weighted by molar-refractivity contribution is 6.02. The third kappa shape index (κ3) is 3.59. The quantitative estimate of drug-likeness (QED) is 0.412. The molecule has 5 rings (SSSR count). The summed E-state index contributed by atoms with van der Waals surface area (Å²) < 4.78 is 13.3. The van der Waals surface area contributed by atoms with Gasteiger partial charge in [-0.3, -0.25) is 4.68 Å². The lowest BCUT2D eigenvalue weighted by Gasteiger charge is -2.03. The maximum Gasteiger partial charge on any atom is 0.336 e. The minimum absolute atomic E-state index is 0.139. The van der Waals surface area contributed by atoms with Gasteiger partial charge in [0, 0.05) is 35.4 Å². The fourth-order valence-electron chi connectivity index (χ4n) is 3.78. The average molecular weight is 415 g/mol. The predicted octanol–water partition coefficient (Wildman–Crippen LogP) is 4.87. The number of benzene rings is 2. The van der Waals surface area contributed by atoms with Gasteiger partial charge in [0.05, 0.1) is 11.8 Å². The highest BCUT2D eigenvalue weighted by Crippen LogP contribution is 2.39. The second-order valence-electron chi connectivity index (χ2n) is 7.92.